The highest BCUT2D eigenvalue weighted by Crippen LogP contribution is 2.24. The van der Waals surface area contributed by atoms with Gasteiger partial charge in [0.25, 0.3) is 5.91 Å². The fourth-order valence-corrected chi connectivity index (χ4v) is 3.76. The average molecular weight is 367 g/mol. The Hall–Kier alpha value is -1.40. The van der Waals surface area contributed by atoms with E-state index in [0.29, 0.717) is 0 Å². The average Bonchev–Trinajstić information content (AvgIpc) is 2.95. The summed E-state index contributed by atoms with van der Waals surface area (Å²) in [6.07, 6.45) is 5.35. The number of rotatable bonds is 3. The van der Waals surface area contributed by atoms with E-state index < -0.39 is 0 Å². The molecule has 3 rings (SSSR count). The highest BCUT2D eigenvalue weighted by molar-refractivity contribution is 9.10. The zero-order valence-corrected chi connectivity index (χ0v) is 13.8. The molecule has 1 fully saturated rings. The molecule has 0 unspecified atom stereocenters. The lowest BCUT2D eigenvalue weighted by Gasteiger charge is -2.31. The van der Waals surface area contributed by atoms with Crippen molar-refractivity contribution in [2.45, 2.75) is 18.9 Å². The molecule has 21 heavy (non-hydrogen) atoms. The number of aromatic nitrogens is 1. The number of pyridine rings is 1. The van der Waals surface area contributed by atoms with Crippen molar-refractivity contribution < 1.29 is 9.53 Å². The van der Waals surface area contributed by atoms with E-state index in [1.807, 2.05) is 28.5 Å². The number of thiophene rings is 1. The highest BCUT2D eigenvalue weighted by Gasteiger charge is 2.25. The normalized spacial score (nSPS) is 16.0. The number of carbonyl (C=O) groups excluding carboxylic acids is 1. The topological polar surface area (TPSA) is 42.4 Å². The van der Waals surface area contributed by atoms with Crippen LogP contribution in [0.25, 0.3) is 0 Å². The summed E-state index contributed by atoms with van der Waals surface area (Å²) in [6, 6.07) is 5.61. The first-order valence-corrected chi connectivity index (χ1v) is 8.49. The zero-order chi connectivity index (χ0) is 14.7. The van der Waals surface area contributed by atoms with Crippen molar-refractivity contribution >= 4 is 33.2 Å². The Morgan fingerprint density at radius 2 is 2.05 bits per heavy atom. The molecule has 0 bridgehead atoms. The van der Waals surface area contributed by atoms with Gasteiger partial charge in [0, 0.05) is 48.2 Å². The van der Waals surface area contributed by atoms with Gasteiger partial charge in [0.05, 0.1) is 4.88 Å². The molecule has 0 N–H and O–H groups in total. The maximum Gasteiger partial charge on any atom is 0.263 e. The summed E-state index contributed by atoms with van der Waals surface area (Å²) in [7, 11) is 0. The van der Waals surface area contributed by atoms with Gasteiger partial charge in [-0.1, -0.05) is 0 Å². The summed E-state index contributed by atoms with van der Waals surface area (Å²) in [4.78, 5) is 19.0. The number of hydrogen-bond donors (Lipinski definition) is 0. The van der Waals surface area contributed by atoms with E-state index in [1.54, 1.807) is 12.4 Å². The summed E-state index contributed by atoms with van der Waals surface area (Å²) < 4.78 is 6.87. The van der Waals surface area contributed by atoms with Crippen LogP contribution in [0.15, 0.2) is 40.4 Å². The molecule has 0 atom stereocenters. The number of amides is 1. The zero-order valence-electron chi connectivity index (χ0n) is 11.4. The summed E-state index contributed by atoms with van der Waals surface area (Å²) >= 11 is 4.86. The van der Waals surface area contributed by atoms with E-state index in [4.69, 9.17) is 4.74 Å². The Kier molecular flexibility index (Phi) is 4.55. The molecule has 2 aromatic heterocycles. The van der Waals surface area contributed by atoms with Gasteiger partial charge in [0.2, 0.25) is 0 Å². The molecule has 1 aliphatic rings. The molecule has 1 amide bonds. The third-order valence-corrected chi connectivity index (χ3v) is 5.14. The van der Waals surface area contributed by atoms with Gasteiger partial charge in [-0.25, -0.2) is 0 Å². The molecule has 0 spiro atoms. The Morgan fingerprint density at radius 1 is 1.33 bits per heavy atom. The van der Waals surface area contributed by atoms with Gasteiger partial charge in [-0.2, -0.15) is 0 Å². The number of likely N-dealkylation sites (tertiary alicyclic amines) is 1. The lowest BCUT2D eigenvalue weighted by atomic mass is 10.1. The predicted molar refractivity (Wildman–Crippen MR) is 85.8 cm³/mol. The van der Waals surface area contributed by atoms with Crippen LogP contribution in [0, 0.1) is 0 Å². The van der Waals surface area contributed by atoms with Crippen LogP contribution in [0.5, 0.6) is 5.75 Å². The smallest absolute Gasteiger partial charge is 0.263 e. The van der Waals surface area contributed by atoms with Crippen molar-refractivity contribution in [2.75, 3.05) is 13.1 Å². The van der Waals surface area contributed by atoms with Gasteiger partial charge in [-0.3, -0.25) is 9.78 Å². The Bertz CT molecular complexity index is 609. The van der Waals surface area contributed by atoms with E-state index in [1.165, 1.54) is 11.3 Å². The van der Waals surface area contributed by atoms with Crippen LogP contribution in [0.1, 0.15) is 22.5 Å². The summed E-state index contributed by atoms with van der Waals surface area (Å²) in [6.45, 7) is 1.48. The molecule has 4 nitrogen and oxygen atoms in total. The fourth-order valence-electron chi connectivity index (χ4n) is 2.37. The number of carbonyl (C=O) groups is 1. The second-order valence-electron chi connectivity index (χ2n) is 4.92. The highest BCUT2D eigenvalue weighted by atomic mass is 79.9. The minimum absolute atomic E-state index is 0.119. The summed E-state index contributed by atoms with van der Waals surface area (Å²) in [5.74, 6) is 0.963. The van der Waals surface area contributed by atoms with E-state index in [0.717, 1.165) is 41.0 Å². The first kappa shape index (κ1) is 14.5. The quantitative estimate of drug-likeness (QED) is 0.833. The Labute approximate surface area is 135 Å². The lowest BCUT2D eigenvalue weighted by Crippen LogP contribution is -2.41. The van der Waals surface area contributed by atoms with Crippen molar-refractivity contribution in [1.29, 1.82) is 0 Å². The third kappa shape index (κ3) is 3.63. The van der Waals surface area contributed by atoms with Gasteiger partial charge in [-0.05, 0) is 34.1 Å². The van der Waals surface area contributed by atoms with Crippen LogP contribution in [0.2, 0.25) is 0 Å². The minimum atomic E-state index is 0.119. The predicted octanol–water partition coefficient (Wildman–Crippen LogP) is 3.59. The van der Waals surface area contributed by atoms with Crippen LogP contribution < -0.4 is 4.74 Å². The van der Waals surface area contributed by atoms with Crippen molar-refractivity contribution in [3.8, 4) is 5.75 Å². The summed E-state index contributed by atoms with van der Waals surface area (Å²) in [5, 5.41) is 1.94. The molecule has 0 aliphatic carbocycles. The SMILES string of the molecule is O=C(c1cc(Br)cs1)N1CCC(Oc2ccncc2)CC1. The first-order valence-electron chi connectivity index (χ1n) is 6.82. The minimum Gasteiger partial charge on any atom is -0.490 e. The monoisotopic (exact) mass is 366 g/mol. The van der Waals surface area contributed by atoms with Gasteiger partial charge >= 0.3 is 0 Å². The molecule has 2 aromatic rings. The van der Waals surface area contributed by atoms with Crippen LogP contribution in [0.3, 0.4) is 0 Å². The first-order chi connectivity index (χ1) is 10.2. The lowest BCUT2D eigenvalue weighted by molar-refractivity contribution is 0.0600. The molecule has 1 aliphatic heterocycles. The van der Waals surface area contributed by atoms with Crippen molar-refractivity contribution in [3.63, 3.8) is 0 Å². The van der Waals surface area contributed by atoms with Crippen molar-refractivity contribution in [3.05, 3.63) is 45.3 Å². The fraction of sp³-hybridized carbons (Fsp3) is 0.333. The van der Waals surface area contributed by atoms with Crippen LogP contribution in [-0.4, -0.2) is 35.0 Å². The van der Waals surface area contributed by atoms with Gasteiger partial charge in [-0.15, -0.1) is 11.3 Å². The molecular formula is C15H15BrN2O2S. The van der Waals surface area contributed by atoms with Gasteiger partial charge in [0.1, 0.15) is 11.9 Å². The number of nitrogens with zero attached hydrogens (tertiary/aromatic N) is 2. The standard InChI is InChI=1S/C15H15BrN2O2S/c16-11-9-14(21-10-11)15(19)18-7-3-13(4-8-18)20-12-1-5-17-6-2-12/h1-2,5-6,9-10,13H,3-4,7-8H2. The van der Waals surface area contributed by atoms with Crippen LogP contribution in [-0.2, 0) is 0 Å². The molecule has 0 aromatic carbocycles. The number of ether oxygens (including phenoxy) is 1. The van der Waals surface area contributed by atoms with Gasteiger partial charge < -0.3 is 9.64 Å². The van der Waals surface area contributed by atoms with E-state index in [-0.39, 0.29) is 12.0 Å². The van der Waals surface area contributed by atoms with Gasteiger partial charge in [0.15, 0.2) is 0 Å². The molecule has 3 heterocycles. The van der Waals surface area contributed by atoms with Crippen molar-refractivity contribution in [2.24, 2.45) is 0 Å². The van der Waals surface area contributed by atoms with E-state index in [9.17, 15) is 4.79 Å². The molecule has 0 radical (unpaired) electrons. The molecule has 0 saturated carbocycles. The molecule has 110 valence electrons. The second-order valence-corrected chi connectivity index (χ2v) is 6.75. The number of hydrogen-bond acceptors (Lipinski definition) is 4. The Morgan fingerprint density at radius 3 is 2.67 bits per heavy atom. The van der Waals surface area contributed by atoms with Crippen molar-refractivity contribution in [1.82, 2.24) is 9.88 Å². The van der Waals surface area contributed by atoms with E-state index in [2.05, 4.69) is 20.9 Å². The molecule has 1 saturated heterocycles. The Balaban J connectivity index is 1.54. The van der Waals surface area contributed by atoms with Crippen LogP contribution >= 0.6 is 27.3 Å². The number of piperidine rings is 1. The molecular weight excluding hydrogens is 352 g/mol. The van der Waals surface area contributed by atoms with Crippen LogP contribution in [0.4, 0.5) is 0 Å². The maximum atomic E-state index is 12.3. The summed E-state index contributed by atoms with van der Waals surface area (Å²) in [5.41, 5.74) is 0. The third-order valence-electron chi connectivity index (χ3n) is 3.46. The largest absolute Gasteiger partial charge is 0.490 e. The number of halogens is 1. The second kappa shape index (κ2) is 6.58. The molecule has 6 heteroatoms. The van der Waals surface area contributed by atoms with E-state index >= 15 is 0 Å². The maximum absolute atomic E-state index is 12.3.